The minimum absolute atomic E-state index is 0.0129. The van der Waals surface area contributed by atoms with Crippen molar-refractivity contribution < 1.29 is 9.53 Å². The molecule has 80 valence electrons. The van der Waals surface area contributed by atoms with Gasteiger partial charge in [0.1, 0.15) is 0 Å². The molecule has 0 radical (unpaired) electrons. The third-order valence-corrected chi connectivity index (χ3v) is 2.68. The Morgan fingerprint density at radius 3 is 2.40 bits per heavy atom. The minimum atomic E-state index is 0.0129. The maximum atomic E-state index is 11.9. The Labute approximate surface area is 89.4 Å². The average Bonchev–Trinajstić information content (AvgIpc) is 2.11. The standard InChI is InChI=1S/C12H15NO2/c1-8-4-3-5-9(2)11(8)12(14)13-10-6-15-7-10/h3-5,10H,6-7H2,1-2H3,(H,13,14). The van der Waals surface area contributed by atoms with Gasteiger partial charge in [-0.15, -0.1) is 0 Å². The Kier molecular flexibility index (Phi) is 2.73. The summed E-state index contributed by atoms with van der Waals surface area (Å²) in [7, 11) is 0. The molecular weight excluding hydrogens is 190 g/mol. The Hall–Kier alpha value is -1.35. The summed E-state index contributed by atoms with van der Waals surface area (Å²) in [6, 6.07) is 6.07. The van der Waals surface area contributed by atoms with E-state index in [1.165, 1.54) is 0 Å². The number of carbonyl (C=O) groups is 1. The topological polar surface area (TPSA) is 38.3 Å². The van der Waals surface area contributed by atoms with Crippen LogP contribution in [0.3, 0.4) is 0 Å². The number of hydrogen-bond acceptors (Lipinski definition) is 2. The predicted octanol–water partition coefficient (Wildman–Crippen LogP) is 1.43. The van der Waals surface area contributed by atoms with Crippen LogP contribution in [0, 0.1) is 13.8 Å². The van der Waals surface area contributed by atoms with Crippen LogP contribution in [-0.2, 0) is 4.74 Å². The molecule has 1 aliphatic rings. The Balaban J connectivity index is 2.16. The molecule has 0 atom stereocenters. The maximum absolute atomic E-state index is 11.9. The molecule has 0 unspecified atom stereocenters. The highest BCUT2D eigenvalue weighted by Crippen LogP contribution is 2.13. The highest BCUT2D eigenvalue weighted by atomic mass is 16.5. The second-order valence-corrected chi connectivity index (χ2v) is 3.97. The van der Waals surface area contributed by atoms with Crippen molar-refractivity contribution in [2.75, 3.05) is 13.2 Å². The fraction of sp³-hybridized carbons (Fsp3) is 0.417. The van der Waals surface area contributed by atoms with Gasteiger partial charge in [-0.3, -0.25) is 4.79 Å². The Bertz CT molecular complexity index is 363. The summed E-state index contributed by atoms with van der Waals surface area (Å²) in [5.74, 6) is 0.0129. The van der Waals surface area contributed by atoms with Crippen LogP contribution in [0.15, 0.2) is 18.2 Å². The second-order valence-electron chi connectivity index (χ2n) is 3.97. The fourth-order valence-electron chi connectivity index (χ4n) is 1.75. The molecule has 1 heterocycles. The number of benzene rings is 1. The van der Waals surface area contributed by atoms with Gasteiger partial charge in [0, 0.05) is 5.56 Å². The van der Waals surface area contributed by atoms with E-state index in [0.717, 1.165) is 16.7 Å². The van der Waals surface area contributed by atoms with E-state index >= 15 is 0 Å². The molecule has 0 aromatic heterocycles. The Morgan fingerprint density at radius 1 is 1.33 bits per heavy atom. The van der Waals surface area contributed by atoms with Gasteiger partial charge < -0.3 is 10.1 Å². The van der Waals surface area contributed by atoms with Crippen molar-refractivity contribution >= 4 is 5.91 Å². The van der Waals surface area contributed by atoms with E-state index in [9.17, 15) is 4.79 Å². The zero-order chi connectivity index (χ0) is 10.8. The third-order valence-electron chi connectivity index (χ3n) is 2.68. The number of ether oxygens (including phenoxy) is 1. The quantitative estimate of drug-likeness (QED) is 0.793. The van der Waals surface area contributed by atoms with Gasteiger partial charge >= 0.3 is 0 Å². The molecule has 3 nitrogen and oxygen atoms in total. The van der Waals surface area contributed by atoms with Crippen molar-refractivity contribution in [3.8, 4) is 0 Å². The molecule has 3 heteroatoms. The van der Waals surface area contributed by atoms with Gasteiger partial charge in [0.25, 0.3) is 5.91 Å². The molecule has 2 rings (SSSR count). The van der Waals surface area contributed by atoms with Crippen LogP contribution in [0.1, 0.15) is 21.5 Å². The summed E-state index contributed by atoms with van der Waals surface area (Å²) in [6.07, 6.45) is 0. The van der Waals surface area contributed by atoms with Crippen LogP contribution in [-0.4, -0.2) is 25.2 Å². The number of nitrogens with one attached hydrogen (secondary N) is 1. The summed E-state index contributed by atoms with van der Waals surface area (Å²) in [4.78, 5) is 11.9. The molecule has 1 fully saturated rings. The van der Waals surface area contributed by atoms with E-state index in [2.05, 4.69) is 5.32 Å². The lowest BCUT2D eigenvalue weighted by molar-refractivity contribution is -0.00348. The molecule has 0 bridgehead atoms. The molecule has 0 saturated carbocycles. The fourth-order valence-corrected chi connectivity index (χ4v) is 1.75. The number of carbonyl (C=O) groups excluding carboxylic acids is 1. The van der Waals surface area contributed by atoms with Gasteiger partial charge in [0.15, 0.2) is 0 Å². The van der Waals surface area contributed by atoms with E-state index < -0.39 is 0 Å². The van der Waals surface area contributed by atoms with E-state index in [0.29, 0.717) is 13.2 Å². The van der Waals surface area contributed by atoms with Gasteiger partial charge in [0.2, 0.25) is 0 Å². The van der Waals surface area contributed by atoms with Crippen LogP contribution in [0.5, 0.6) is 0 Å². The summed E-state index contributed by atoms with van der Waals surface area (Å²) < 4.78 is 5.02. The molecule has 0 spiro atoms. The van der Waals surface area contributed by atoms with Gasteiger partial charge in [-0.1, -0.05) is 18.2 Å². The number of rotatable bonds is 2. The van der Waals surface area contributed by atoms with Crippen molar-refractivity contribution in [3.05, 3.63) is 34.9 Å². The SMILES string of the molecule is Cc1cccc(C)c1C(=O)NC1COC1. The first kappa shape index (κ1) is 10.2. The molecule has 1 N–H and O–H groups in total. The molecule has 1 amide bonds. The highest BCUT2D eigenvalue weighted by Gasteiger charge is 2.22. The maximum Gasteiger partial charge on any atom is 0.252 e. The van der Waals surface area contributed by atoms with Crippen LogP contribution >= 0.6 is 0 Å². The van der Waals surface area contributed by atoms with E-state index in [4.69, 9.17) is 4.74 Å². The van der Waals surface area contributed by atoms with Crippen LogP contribution in [0.4, 0.5) is 0 Å². The second kappa shape index (κ2) is 4.03. The van der Waals surface area contributed by atoms with Crippen molar-refractivity contribution in [3.63, 3.8) is 0 Å². The van der Waals surface area contributed by atoms with Crippen LogP contribution in [0.25, 0.3) is 0 Å². The van der Waals surface area contributed by atoms with E-state index in [1.54, 1.807) is 0 Å². The monoisotopic (exact) mass is 205 g/mol. The van der Waals surface area contributed by atoms with Gasteiger partial charge in [0.05, 0.1) is 19.3 Å². The normalized spacial score (nSPS) is 15.9. The van der Waals surface area contributed by atoms with E-state index in [1.807, 2.05) is 32.0 Å². The van der Waals surface area contributed by atoms with Crippen molar-refractivity contribution in [1.29, 1.82) is 0 Å². The molecule has 1 aromatic rings. The number of aryl methyl sites for hydroxylation is 2. The summed E-state index contributed by atoms with van der Waals surface area (Å²) in [6.45, 7) is 5.19. The third kappa shape index (κ3) is 2.02. The van der Waals surface area contributed by atoms with Gasteiger partial charge in [-0.05, 0) is 25.0 Å². The summed E-state index contributed by atoms with van der Waals surface area (Å²) in [5.41, 5.74) is 2.84. The predicted molar refractivity (Wildman–Crippen MR) is 58.0 cm³/mol. The minimum Gasteiger partial charge on any atom is -0.377 e. The largest absolute Gasteiger partial charge is 0.377 e. The number of hydrogen-bond donors (Lipinski definition) is 1. The lowest BCUT2D eigenvalue weighted by Crippen LogP contribution is -2.48. The van der Waals surface area contributed by atoms with Crippen LogP contribution in [0.2, 0.25) is 0 Å². The molecule has 1 saturated heterocycles. The molecule has 1 aliphatic heterocycles. The summed E-state index contributed by atoms with van der Waals surface area (Å²) in [5, 5.41) is 2.95. The zero-order valence-electron chi connectivity index (χ0n) is 9.04. The average molecular weight is 205 g/mol. The zero-order valence-corrected chi connectivity index (χ0v) is 9.04. The summed E-state index contributed by atoms with van der Waals surface area (Å²) >= 11 is 0. The first-order valence-corrected chi connectivity index (χ1v) is 5.13. The lowest BCUT2D eigenvalue weighted by Gasteiger charge is -2.27. The van der Waals surface area contributed by atoms with Crippen molar-refractivity contribution in [1.82, 2.24) is 5.32 Å². The van der Waals surface area contributed by atoms with Crippen LogP contribution < -0.4 is 5.32 Å². The first-order chi connectivity index (χ1) is 7.18. The van der Waals surface area contributed by atoms with Gasteiger partial charge in [-0.2, -0.15) is 0 Å². The molecule has 0 aliphatic carbocycles. The van der Waals surface area contributed by atoms with Crippen molar-refractivity contribution in [2.45, 2.75) is 19.9 Å². The molecule has 15 heavy (non-hydrogen) atoms. The smallest absolute Gasteiger partial charge is 0.252 e. The van der Waals surface area contributed by atoms with E-state index in [-0.39, 0.29) is 11.9 Å². The van der Waals surface area contributed by atoms with Gasteiger partial charge in [-0.25, -0.2) is 0 Å². The van der Waals surface area contributed by atoms with Crippen molar-refractivity contribution in [2.24, 2.45) is 0 Å². The molecular formula is C12H15NO2. The lowest BCUT2D eigenvalue weighted by atomic mass is 10.0. The Morgan fingerprint density at radius 2 is 1.93 bits per heavy atom. The first-order valence-electron chi connectivity index (χ1n) is 5.13. The highest BCUT2D eigenvalue weighted by molar-refractivity contribution is 5.97. The number of amides is 1. The molecule has 1 aromatic carbocycles.